The number of hydrogen-bond donors (Lipinski definition) is 1. The zero-order chi connectivity index (χ0) is 14.9. The molecule has 0 aliphatic carbocycles. The lowest BCUT2D eigenvalue weighted by atomic mass is 10.3. The fourth-order valence-corrected chi connectivity index (χ4v) is 3.40. The zero-order valence-corrected chi connectivity index (χ0v) is 12.8. The van der Waals surface area contributed by atoms with Gasteiger partial charge in [-0.2, -0.15) is 5.10 Å². The fraction of sp³-hybridized carbons (Fsp3) is 0.167. The van der Waals surface area contributed by atoms with Gasteiger partial charge in [0.2, 0.25) is 0 Å². The van der Waals surface area contributed by atoms with Gasteiger partial charge in [-0.25, -0.2) is 13.2 Å². The molecule has 0 saturated heterocycles. The predicted octanol–water partition coefficient (Wildman–Crippen LogP) is 1.85. The molecule has 0 bridgehead atoms. The second-order valence-electron chi connectivity index (χ2n) is 4.15. The van der Waals surface area contributed by atoms with Gasteiger partial charge < -0.3 is 5.11 Å². The molecule has 0 atom stereocenters. The Kier molecular flexibility index (Phi) is 3.96. The van der Waals surface area contributed by atoms with Crippen LogP contribution >= 0.6 is 15.9 Å². The smallest absolute Gasteiger partial charge is 0.339 e. The van der Waals surface area contributed by atoms with Crippen molar-refractivity contribution in [2.24, 2.45) is 7.05 Å². The van der Waals surface area contributed by atoms with Crippen molar-refractivity contribution in [2.75, 3.05) is 0 Å². The molecular formula is C12H11BrN2O4S. The third kappa shape index (κ3) is 2.91. The van der Waals surface area contributed by atoms with Crippen molar-refractivity contribution in [1.82, 2.24) is 9.78 Å². The number of carboxylic acid groups (broad SMARTS) is 1. The van der Waals surface area contributed by atoms with Crippen molar-refractivity contribution in [1.29, 1.82) is 0 Å². The van der Waals surface area contributed by atoms with E-state index in [2.05, 4.69) is 21.0 Å². The number of nitrogens with zero attached hydrogens (tertiary/aromatic N) is 2. The molecule has 6 nitrogen and oxygen atoms in total. The fourth-order valence-electron chi connectivity index (χ4n) is 1.72. The van der Waals surface area contributed by atoms with Gasteiger partial charge in [-0.15, -0.1) is 0 Å². The Hall–Kier alpha value is -1.67. The summed E-state index contributed by atoms with van der Waals surface area (Å²) in [5, 5.41) is 12.8. The third-order valence-corrected chi connectivity index (χ3v) is 4.96. The summed E-state index contributed by atoms with van der Waals surface area (Å²) in [4.78, 5) is 11.2. The van der Waals surface area contributed by atoms with Crippen molar-refractivity contribution in [2.45, 2.75) is 10.6 Å². The van der Waals surface area contributed by atoms with Crippen LogP contribution < -0.4 is 0 Å². The highest BCUT2D eigenvalue weighted by molar-refractivity contribution is 9.10. The van der Waals surface area contributed by atoms with E-state index in [0.717, 1.165) is 10.7 Å². The molecule has 1 aromatic carbocycles. The number of halogens is 1. The molecule has 0 unspecified atom stereocenters. The van der Waals surface area contributed by atoms with E-state index >= 15 is 0 Å². The molecule has 1 aromatic heterocycles. The van der Waals surface area contributed by atoms with Gasteiger partial charge in [0.15, 0.2) is 9.84 Å². The Morgan fingerprint density at radius 3 is 2.50 bits per heavy atom. The number of carboxylic acids is 1. The van der Waals surface area contributed by atoms with E-state index in [0.29, 0.717) is 0 Å². The van der Waals surface area contributed by atoms with Crippen LogP contribution in [-0.4, -0.2) is 29.3 Å². The third-order valence-electron chi connectivity index (χ3n) is 2.79. The largest absolute Gasteiger partial charge is 0.478 e. The average Bonchev–Trinajstić information content (AvgIpc) is 2.71. The van der Waals surface area contributed by atoms with Crippen LogP contribution in [0.15, 0.2) is 39.8 Å². The van der Waals surface area contributed by atoms with Crippen LogP contribution in [0.25, 0.3) is 0 Å². The van der Waals surface area contributed by atoms with Gasteiger partial charge in [-0.1, -0.05) is 15.9 Å². The maximum atomic E-state index is 12.3. The Bertz CT molecular complexity index is 750. The first-order valence-corrected chi connectivity index (χ1v) is 7.98. The normalized spacial score (nSPS) is 11.5. The van der Waals surface area contributed by atoms with Gasteiger partial charge in [-0.3, -0.25) is 4.68 Å². The lowest BCUT2D eigenvalue weighted by Crippen LogP contribution is -2.12. The highest BCUT2D eigenvalue weighted by atomic mass is 79.9. The molecular weight excluding hydrogens is 348 g/mol. The van der Waals surface area contributed by atoms with Gasteiger partial charge in [0, 0.05) is 11.5 Å². The summed E-state index contributed by atoms with van der Waals surface area (Å²) in [6, 6.07) is 6.18. The van der Waals surface area contributed by atoms with Crippen molar-refractivity contribution < 1.29 is 18.3 Å². The van der Waals surface area contributed by atoms with E-state index in [9.17, 15) is 13.2 Å². The van der Waals surface area contributed by atoms with Crippen LogP contribution in [-0.2, 0) is 22.6 Å². The summed E-state index contributed by atoms with van der Waals surface area (Å²) in [6.07, 6.45) is 1.15. The number of aromatic nitrogens is 2. The molecule has 0 fully saturated rings. The van der Waals surface area contributed by atoms with E-state index in [-0.39, 0.29) is 16.2 Å². The van der Waals surface area contributed by atoms with E-state index in [4.69, 9.17) is 5.11 Å². The number of hydrogen-bond acceptors (Lipinski definition) is 4. The van der Waals surface area contributed by atoms with Crippen LogP contribution in [0.3, 0.4) is 0 Å². The summed E-state index contributed by atoms with van der Waals surface area (Å²) >= 11 is 3.23. The zero-order valence-electron chi connectivity index (χ0n) is 10.4. The molecule has 0 spiro atoms. The molecule has 106 valence electrons. The number of sulfone groups is 1. The Balaban J connectivity index is 2.41. The van der Waals surface area contributed by atoms with E-state index in [1.165, 1.54) is 23.9 Å². The van der Waals surface area contributed by atoms with E-state index < -0.39 is 21.6 Å². The number of benzene rings is 1. The van der Waals surface area contributed by atoms with Gasteiger partial charge in [-0.05, 0) is 24.3 Å². The van der Waals surface area contributed by atoms with E-state index in [1.54, 1.807) is 12.1 Å². The number of aryl methyl sites for hydroxylation is 1. The molecule has 1 heterocycles. The standard InChI is InChI=1S/C12H11BrN2O4S/c1-15-11(10(6-14-15)12(16)17)7-20(18,19)9-4-2-8(13)3-5-9/h2-6H,7H2,1H3,(H,16,17). The predicted molar refractivity (Wildman–Crippen MR) is 75.2 cm³/mol. The molecule has 2 rings (SSSR count). The molecule has 0 aliphatic heterocycles. The second-order valence-corrected chi connectivity index (χ2v) is 7.05. The van der Waals surface area contributed by atoms with Crippen molar-refractivity contribution in [3.8, 4) is 0 Å². The van der Waals surface area contributed by atoms with Gasteiger partial charge in [0.05, 0.1) is 22.5 Å². The quantitative estimate of drug-likeness (QED) is 0.900. The van der Waals surface area contributed by atoms with E-state index in [1.807, 2.05) is 0 Å². The first-order valence-electron chi connectivity index (χ1n) is 5.54. The lowest BCUT2D eigenvalue weighted by Gasteiger charge is -2.06. The minimum Gasteiger partial charge on any atom is -0.478 e. The lowest BCUT2D eigenvalue weighted by molar-refractivity contribution is 0.0696. The average molecular weight is 359 g/mol. The van der Waals surface area contributed by atoms with Crippen LogP contribution in [0.1, 0.15) is 16.1 Å². The van der Waals surface area contributed by atoms with Crippen LogP contribution in [0, 0.1) is 0 Å². The first-order chi connectivity index (χ1) is 9.31. The molecule has 1 N–H and O–H groups in total. The maximum absolute atomic E-state index is 12.3. The number of rotatable bonds is 4. The van der Waals surface area contributed by atoms with Crippen LogP contribution in [0.4, 0.5) is 0 Å². The van der Waals surface area contributed by atoms with Crippen molar-refractivity contribution in [3.63, 3.8) is 0 Å². The minimum atomic E-state index is -3.62. The van der Waals surface area contributed by atoms with Gasteiger partial charge in [0.1, 0.15) is 5.56 Å². The van der Waals surface area contributed by atoms with Gasteiger partial charge in [0.25, 0.3) is 0 Å². The molecule has 8 heteroatoms. The molecule has 0 amide bonds. The minimum absolute atomic E-state index is 0.104. The molecule has 2 aromatic rings. The Labute approximate surface area is 124 Å². The summed E-state index contributed by atoms with van der Waals surface area (Å²) in [6.45, 7) is 0. The monoisotopic (exact) mass is 358 g/mol. The molecule has 20 heavy (non-hydrogen) atoms. The topological polar surface area (TPSA) is 89.3 Å². The molecule has 0 aliphatic rings. The van der Waals surface area contributed by atoms with Crippen LogP contribution in [0.5, 0.6) is 0 Å². The number of aromatic carboxylic acids is 1. The SMILES string of the molecule is Cn1ncc(C(=O)O)c1CS(=O)(=O)c1ccc(Br)cc1. The highest BCUT2D eigenvalue weighted by Crippen LogP contribution is 2.20. The number of carbonyl (C=O) groups is 1. The van der Waals surface area contributed by atoms with Crippen molar-refractivity contribution >= 4 is 31.7 Å². The maximum Gasteiger partial charge on any atom is 0.339 e. The summed E-state index contributed by atoms with van der Waals surface area (Å²) in [5.74, 6) is -1.61. The van der Waals surface area contributed by atoms with Gasteiger partial charge >= 0.3 is 5.97 Å². The Morgan fingerprint density at radius 1 is 1.35 bits per heavy atom. The highest BCUT2D eigenvalue weighted by Gasteiger charge is 2.23. The van der Waals surface area contributed by atoms with Crippen LogP contribution in [0.2, 0.25) is 0 Å². The molecule has 0 saturated carbocycles. The Morgan fingerprint density at radius 2 is 1.95 bits per heavy atom. The van der Waals surface area contributed by atoms with Crippen molar-refractivity contribution in [3.05, 3.63) is 46.2 Å². The first kappa shape index (κ1) is 14.7. The summed E-state index contributed by atoms with van der Waals surface area (Å²) < 4.78 is 26.6. The summed E-state index contributed by atoms with van der Waals surface area (Å²) in [5.41, 5.74) is 0.0496. The summed E-state index contributed by atoms with van der Waals surface area (Å²) in [7, 11) is -2.11. The second kappa shape index (κ2) is 5.37. The molecule has 0 radical (unpaired) electrons.